The van der Waals surface area contributed by atoms with Crippen LogP contribution >= 0.6 is 11.3 Å². The van der Waals surface area contributed by atoms with E-state index < -0.39 is 0 Å². The molecule has 22 heavy (non-hydrogen) atoms. The van der Waals surface area contributed by atoms with Gasteiger partial charge in [-0.3, -0.25) is 0 Å². The first kappa shape index (κ1) is 16.6. The van der Waals surface area contributed by atoms with E-state index in [1.54, 1.807) is 18.4 Å². The van der Waals surface area contributed by atoms with Gasteiger partial charge in [0.15, 0.2) is 0 Å². The Morgan fingerprint density at radius 3 is 2.82 bits per heavy atom. The Labute approximate surface area is 136 Å². The van der Waals surface area contributed by atoms with Gasteiger partial charge in [0, 0.05) is 12.4 Å². The number of nitrogens with one attached hydrogen (secondary N) is 1. The van der Waals surface area contributed by atoms with Crippen LogP contribution in [0.5, 0.6) is 5.75 Å². The summed E-state index contributed by atoms with van der Waals surface area (Å²) < 4.78 is 0. The van der Waals surface area contributed by atoms with Gasteiger partial charge in [-0.1, -0.05) is 25.5 Å². The third-order valence-electron chi connectivity index (χ3n) is 3.85. The van der Waals surface area contributed by atoms with Gasteiger partial charge in [0.1, 0.15) is 5.75 Å². The maximum Gasteiger partial charge on any atom is 0.143 e. The molecule has 0 saturated carbocycles. The largest absolute Gasteiger partial charge is 0.506 e. The standard InChI is InChI=1S/C18H24N2OS/c1-5-6-7-14-10-15(9-8-12(14)2)18-17(21)16(11-22-18)13(3)20-19-4/h8-11,19,21H,5-7H2,1-4H3/b20-13+. The molecule has 0 atom stereocenters. The molecule has 1 heterocycles. The highest BCUT2D eigenvalue weighted by Gasteiger charge is 2.15. The molecule has 0 saturated heterocycles. The third kappa shape index (κ3) is 3.50. The summed E-state index contributed by atoms with van der Waals surface area (Å²) in [6.07, 6.45) is 3.48. The van der Waals surface area contributed by atoms with E-state index in [9.17, 15) is 5.11 Å². The quantitative estimate of drug-likeness (QED) is 0.598. The number of aromatic hydroxyl groups is 1. The van der Waals surface area contributed by atoms with E-state index in [0.29, 0.717) is 5.75 Å². The molecule has 3 nitrogen and oxygen atoms in total. The molecule has 118 valence electrons. The second kappa shape index (κ2) is 7.45. The van der Waals surface area contributed by atoms with Crippen molar-refractivity contribution in [1.82, 2.24) is 5.43 Å². The number of rotatable bonds is 6. The van der Waals surface area contributed by atoms with E-state index in [0.717, 1.165) is 28.1 Å². The Balaban J connectivity index is 2.38. The summed E-state index contributed by atoms with van der Waals surface area (Å²) in [6, 6.07) is 6.45. The van der Waals surface area contributed by atoms with Crippen molar-refractivity contribution in [3.8, 4) is 16.2 Å². The van der Waals surface area contributed by atoms with Crippen molar-refractivity contribution < 1.29 is 5.11 Å². The fraction of sp³-hybridized carbons (Fsp3) is 0.389. The van der Waals surface area contributed by atoms with Gasteiger partial charge in [-0.15, -0.1) is 11.3 Å². The van der Waals surface area contributed by atoms with Crippen LogP contribution < -0.4 is 5.43 Å². The number of hydrazone groups is 1. The van der Waals surface area contributed by atoms with Crippen LogP contribution in [0, 0.1) is 6.92 Å². The summed E-state index contributed by atoms with van der Waals surface area (Å²) in [5.74, 6) is 0.326. The number of nitrogens with zero attached hydrogens (tertiary/aromatic N) is 1. The Kier molecular flexibility index (Phi) is 5.61. The number of hydrogen-bond donors (Lipinski definition) is 2. The normalized spacial score (nSPS) is 11.7. The molecule has 0 aliphatic carbocycles. The maximum atomic E-state index is 10.5. The Morgan fingerprint density at radius 2 is 2.14 bits per heavy atom. The molecule has 0 unspecified atom stereocenters. The molecular formula is C18H24N2OS. The van der Waals surface area contributed by atoms with Crippen molar-refractivity contribution >= 4 is 17.0 Å². The summed E-state index contributed by atoms with van der Waals surface area (Å²) in [4.78, 5) is 0.915. The van der Waals surface area contributed by atoms with Crippen LogP contribution in [0.4, 0.5) is 0 Å². The zero-order valence-electron chi connectivity index (χ0n) is 13.7. The molecule has 0 bridgehead atoms. The Hall–Kier alpha value is -1.81. The minimum atomic E-state index is 0.326. The lowest BCUT2D eigenvalue weighted by Crippen LogP contribution is -2.02. The minimum Gasteiger partial charge on any atom is -0.506 e. The molecule has 0 aliphatic heterocycles. The predicted molar refractivity (Wildman–Crippen MR) is 96.0 cm³/mol. The molecule has 0 fully saturated rings. The lowest BCUT2D eigenvalue weighted by molar-refractivity contribution is 0.478. The van der Waals surface area contributed by atoms with Crippen LogP contribution in [-0.4, -0.2) is 17.9 Å². The average Bonchev–Trinajstić information content (AvgIpc) is 2.88. The zero-order chi connectivity index (χ0) is 16.1. The predicted octanol–water partition coefficient (Wildman–Crippen LogP) is 4.72. The highest BCUT2D eigenvalue weighted by molar-refractivity contribution is 7.14. The molecule has 1 aromatic carbocycles. The summed E-state index contributed by atoms with van der Waals surface area (Å²) in [5.41, 5.74) is 8.13. The van der Waals surface area contributed by atoms with Gasteiger partial charge in [-0.25, -0.2) is 0 Å². The molecular weight excluding hydrogens is 292 g/mol. The van der Waals surface area contributed by atoms with E-state index in [1.807, 2.05) is 12.3 Å². The third-order valence-corrected chi connectivity index (χ3v) is 4.86. The second-order valence-corrected chi connectivity index (χ2v) is 6.37. The van der Waals surface area contributed by atoms with Crippen molar-refractivity contribution in [2.75, 3.05) is 7.05 Å². The van der Waals surface area contributed by atoms with E-state index in [4.69, 9.17) is 0 Å². The first-order valence-electron chi connectivity index (χ1n) is 7.70. The molecule has 2 aromatic rings. The highest BCUT2D eigenvalue weighted by atomic mass is 32.1. The van der Waals surface area contributed by atoms with Crippen molar-refractivity contribution in [1.29, 1.82) is 0 Å². The lowest BCUT2D eigenvalue weighted by atomic mass is 9.99. The highest BCUT2D eigenvalue weighted by Crippen LogP contribution is 2.39. The molecule has 0 spiro atoms. The second-order valence-electron chi connectivity index (χ2n) is 5.49. The smallest absolute Gasteiger partial charge is 0.143 e. The molecule has 0 aliphatic rings. The first-order chi connectivity index (χ1) is 10.6. The summed E-state index contributed by atoms with van der Waals surface area (Å²) in [7, 11) is 1.76. The average molecular weight is 316 g/mol. The van der Waals surface area contributed by atoms with Crippen molar-refractivity contribution in [2.45, 2.75) is 40.0 Å². The van der Waals surface area contributed by atoms with Crippen molar-refractivity contribution in [3.63, 3.8) is 0 Å². The summed E-state index contributed by atoms with van der Waals surface area (Å²) in [5, 5.41) is 16.6. The van der Waals surface area contributed by atoms with E-state index >= 15 is 0 Å². The number of aryl methyl sites for hydroxylation is 2. The van der Waals surface area contributed by atoms with Gasteiger partial charge in [-0.05, 0) is 49.4 Å². The van der Waals surface area contributed by atoms with Gasteiger partial charge in [0.2, 0.25) is 0 Å². The molecule has 2 rings (SSSR count). The molecule has 0 amide bonds. The van der Waals surface area contributed by atoms with Crippen LogP contribution in [0.1, 0.15) is 43.4 Å². The van der Waals surface area contributed by atoms with Gasteiger partial charge in [-0.2, -0.15) is 5.10 Å². The van der Waals surface area contributed by atoms with E-state index in [2.05, 4.69) is 42.6 Å². The number of thiophene rings is 1. The van der Waals surface area contributed by atoms with Crippen molar-refractivity contribution in [2.24, 2.45) is 5.10 Å². The number of hydrogen-bond acceptors (Lipinski definition) is 4. The lowest BCUT2D eigenvalue weighted by Gasteiger charge is -2.08. The van der Waals surface area contributed by atoms with E-state index in [1.165, 1.54) is 24.0 Å². The van der Waals surface area contributed by atoms with Gasteiger partial charge in [0.25, 0.3) is 0 Å². The molecule has 2 N–H and O–H groups in total. The van der Waals surface area contributed by atoms with Crippen LogP contribution in [0.3, 0.4) is 0 Å². The fourth-order valence-corrected chi connectivity index (χ4v) is 3.49. The zero-order valence-corrected chi connectivity index (χ0v) is 14.5. The maximum absolute atomic E-state index is 10.5. The van der Waals surface area contributed by atoms with Gasteiger partial charge >= 0.3 is 0 Å². The fourth-order valence-electron chi connectivity index (χ4n) is 2.49. The Bertz CT molecular complexity index is 674. The summed E-state index contributed by atoms with van der Waals surface area (Å²) in [6.45, 7) is 6.25. The van der Waals surface area contributed by atoms with Crippen LogP contribution in [0.15, 0.2) is 28.7 Å². The van der Waals surface area contributed by atoms with Crippen molar-refractivity contribution in [3.05, 3.63) is 40.3 Å². The summed E-state index contributed by atoms with van der Waals surface area (Å²) >= 11 is 1.56. The number of unbranched alkanes of at least 4 members (excludes halogenated alkanes) is 1. The minimum absolute atomic E-state index is 0.326. The molecule has 0 radical (unpaired) electrons. The first-order valence-corrected chi connectivity index (χ1v) is 8.58. The Morgan fingerprint density at radius 1 is 1.36 bits per heavy atom. The molecule has 1 aromatic heterocycles. The monoisotopic (exact) mass is 316 g/mol. The van der Waals surface area contributed by atoms with Gasteiger partial charge < -0.3 is 10.5 Å². The number of benzene rings is 1. The van der Waals surface area contributed by atoms with Crippen LogP contribution in [0.25, 0.3) is 10.4 Å². The van der Waals surface area contributed by atoms with Crippen LogP contribution in [-0.2, 0) is 6.42 Å². The molecule has 4 heteroatoms. The SMILES string of the molecule is CCCCc1cc(-c2scc(/C(C)=N/NC)c2O)ccc1C. The topological polar surface area (TPSA) is 44.6 Å². The van der Waals surface area contributed by atoms with Crippen LogP contribution in [0.2, 0.25) is 0 Å². The van der Waals surface area contributed by atoms with Gasteiger partial charge in [0.05, 0.1) is 16.2 Å². The van der Waals surface area contributed by atoms with E-state index in [-0.39, 0.29) is 0 Å².